The van der Waals surface area contributed by atoms with Crippen molar-refractivity contribution in [3.05, 3.63) is 36.9 Å². The number of piperidine rings is 1. The molecule has 114 valence electrons. The van der Waals surface area contributed by atoms with E-state index in [2.05, 4.69) is 26.4 Å². The van der Waals surface area contributed by atoms with Crippen LogP contribution in [0.25, 0.3) is 16.6 Å². The number of rotatable bonds is 3. The van der Waals surface area contributed by atoms with E-state index in [1.54, 1.807) is 13.3 Å². The van der Waals surface area contributed by atoms with Crippen molar-refractivity contribution in [1.82, 2.24) is 24.7 Å². The van der Waals surface area contributed by atoms with Gasteiger partial charge in [0.1, 0.15) is 11.3 Å². The third kappa shape index (κ3) is 2.25. The lowest BCUT2D eigenvalue weighted by Crippen LogP contribution is -2.29. The van der Waals surface area contributed by atoms with Gasteiger partial charge >= 0.3 is 0 Å². The van der Waals surface area contributed by atoms with Crippen molar-refractivity contribution < 1.29 is 4.74 Å². The second-order valence-corrected chi connectivity index (χ2v) is 5.65. The van der Waals surface area contributed by atoms with Crippen molar-refractivity contribution in [1.29, 1.82) is 0 Å². The fraction of sp³-hybridized carbons (Fsp3) is 0.375. The van der Waals surface area contributed by atoms with Crippen molar-refractivity contribution in [3.8, 4) is 16.9 Å². The van der Waals surface area contributed by atoms with Crippen LogP contribution in [0.5, 0.6) is 5.75 Å². The van der Waals surface area contributed by atoms with Gasteiger partial charge in [-0.25, -0.2) is 4.52 Å². The Morgan fingerprint density at radius 1 is 1.18 bits per heavy atom. The van der Waals surface area contributed by atoms with Gasteiger partial charge in [-0.1, -0.05) is 0 Å². The summed E-state index contributed by atoms with van der Waals surface area (Å²) in [7, 11) is 1.69. The Balaban J connectivity index is 1.71. The molecule has 1 aliphatic heterocycles. The van der Waals surface area contributed by atoms with Crippen LogP contribution >= 0.6 is 0 Å². The molecule has 3 aromatic heterocycles. The topological polar surface area (TPSA) is 56.4 Å². The third-order valence-electron chi connectivity index (χ3n) is 4.31. The van der Waals surface area contributed by atoms with Crippen molar-refractivity contribution in [2.45, 2.75) is 18.9 Å². The normalized spacial score (nSPS) is 16.2. The SMILES string of the molecule is COc1cc(-c2cnn(C3CCNCC3)c2)cn2nccc12. The van der Waals surface area contributed by atoms with E-state index < -0.39 is 0 Å². The van der Waals surface area contributed by atoms with Crippen LogP contribution in [0, 0.1) is 0 Å². The van der Waals surface area contributed by atoms with E-state index in [4.69, 9.17) is 4.74 Å². The summed E-state index contributed by atoms with van der Waals surface area (Å²) in [5.41, 5.74) is 3.12. The van der Waals surface area contributed by atoms with Gasteiger partial charge in [0.2, 0.25) is 0 Å². The largest absolute Gasteiger partial charge is 0.494 e. The molecule has 0 spiro atoms. The Hall–Kier alpha value is -2.34. The number of pyridine rings is 1. The summed E-state index contributed by atoms with van der Waals surface area (Å²) in [4.78, 5) is 0. The molecule has 3 aromatic rings. The second kappa shape index (κ2) is 5.46. The number of hydrogen-bond donors (Lipinski definition) is 1. The molecule has 1 aliphatic rings. The van der Waals surface area contributed by atoms with E-state index in [1.165, 1.54) is 0 Å². The van der Waals surface area contributed by atoms with E-state index in [0.29, 0.717) is 6.04 Å². The number of aromatic nitrogens is 4. The maximum atomic E-state index is 5.47. The number of fused-ring (bicyclic) bond motifs is 1. The molecule has 0 aromatic carbocycles. The second-order valence-electron chi connectivity index (χ2n) is 5.65. The van der Waals surface area contributed by atoms with Crippen LogP contribution in [0.2, 0.25) is 0 Å². The van der Waals surface area contributed by atoms with Gasteiger partial charge in [0.05, 0.1) is 25.5 Å². The lowest BCUT2D eigenvalue weighted by Gasteiger charge is -2.22. The van der Waals surface area contributed by atoms with Crippen LogP contribution in [0.15, 0.2) is 36.9 Å². The summed E-state index contributed by atoms with van der Waals surface area (Å²) in [5, 5.41) is 12.3. The van der Waals surface area contributed by atoms with E-state index >= 15 is 0 Å². The molecule has 0 radical (unpaired) electrons. The zero-order valence-electron chi connectivity index (χ0n) is 12.6. The maximum Gasteiger partial charge on any atom is 0.145 e. The molecule has 4 heterocycles. The molecule has 4 rings (SSSR count). The van der Waals surface area contributed by atoms with E-state index in [0.717, 1.165) is 48.3 Å². The predicted molar refractivity (Wildman–Crippen MR) is 84.1 cm³/mol. The quantitative estimate of drug-likeness (QED) is 0.804. The zero-order valence-corrected chi connectivity index (χ0v) is 12.6. The monoisotopic (exact) mass is 297 g/mol. The average Bonchev–Trinajstić information content (AvgIpc) is 3.23. The molecule has 1 N–H and O–H groups in total. The predicted octanol–water partition coefficient (Wildman–Crippen LogP) is 2.13. The molecule has 0 aliphatic carbocycles. The van der Waals surface area contributed by atoms with Gasteiger partial charge in [-0.2, -0.15) is 10.2 Å². The van der Waals surface area contributed by atoms with Crippen molar-refractivity contribution in [2.75, 3.05) is 20.2 Å². The van der Waals surface area contributed by atoms with Crippen LogP contribution in [0.4, 0.5) is 0 Å². The first-order valence-electron chi connectivity index (χ1n) is 7.62. The number of nitrogens with zero attached hydrogens (tertiary/aromatic N) is 4. The summed E-state index contributed by atoms with van der Waals surface area (Å²) in [5.74, 6) is 0.824. The Kier molecular flexibility index (Phi) is 3.31. The highest BCUT2D eigenvalue weighted by molar-refractivity contribution is 5.70. The molecule has 1 saturated heterocycles. The summed E-state index contributed by atoms with van der Waals surface area (Å²) < 4.78 is 9.41. The van der Waals surface area contributed by atoms with Crippen molar-refractivity contribution >= 4 is 5.52 Å². The smallest absolute Gasteiger partial charge is 0.145 e. The molecular weight excluding hydrogens is 278 g/mol. The molecule has 22 heavy (non-hydrogen) atoms. The van der Waals surface area contributed by atoms with Gasteiger partial charge in [0.15, 0.2) is 0 Å². The molecule has 0 unspecified atom stereocenters. The fourth-order valence-corrected chi connectivity index (χ4v) is 3.08. The summed E-state index contributed by atoms with van der Waals surface area (Å²) in [6.45, 7) is 2.12. The molecule has 6 nitrogen and oxygen atoms in total. The molecule has 0 amide bonds. The Morgan fingerprint density at radius 3 is 2.86 bits per heavy atom. The van der Waals surface area contributed by atoms with E-state index in [-0.39, 0.29) is 0 Å². The van der Waals surface area contributed by atoms with Crippen LogP contribution < -0.4 is 10.1 Å². The molecular formula is C16H19N5O. The Bertz CT molecular complexity index is 785. The van der Waals surface area contributed by atoms with Gasteiger partial charge in [0.25, 0.3) is 0 Å². The number of nitrogens with one attached hydrogen (secondary N) is 1. The van der Waals surface area contributed by atoms with Gasteiger partial charge < -0.3 is 10.1 Å². The van der Waals surface area contributed by atoms with Gasteiger partial charge in [0, 0.05) is 23.5 Å². The molecule has 0 saturated carbocycles. The Morgan fingerprint density at radius 2 is 2.05 bits per heavy atom. The lowest BCUT2D eigenvalue weighted by atomic mass is 10.1. The third-order valence-corrected chi connectivity index (χ3v) is 4.31. The minimum Gasteiger partial charge on any atom is -0.494 e. The lowest BCUT2D eigenvalue weighted by molar-refractivity contribution is 0.343. The Labute approximate surface area is 128 Å². The first-order valence-corrected chi connectivity index (χ1v) is 7.62. The van der Waals surface area contributed by atoms with E-state index in [9.17, 15) is 0 Å². The van der Waals surface area contributed by atoms with Gasteiger partial charge in [-0.15, -0.1) is 0 Å². The van der Waals surface area contributed by atoms with Crippen LogP contribution in [0.3, 0.4) is 0 Å². The van der Waals surface area contributed by atoms with Gasteiger partial charge in [-0.3, -0.25) is 4.68 Å². The molecule has 0 atom stereocenters. The molecule has 1 fully saturated rings. The zero-order chi connectivity index (χ0) is 14.9. The van der Waals surface area contributed by atoms with E-state index in [1.807, 2.05) is 29.0 Å². The van der Waals surface area contributed by atoms with Crippen molar-refractivity contribution in [3.63, 3.8) is 0 Å². The van der Waals surface area contributed by atoms with Crippen LogP contribution in [-0.2, 0) is 0 Å². The number of ether oxygens (including phenoxy) is 1. The summed E-state index contributed by atoms with van der Waals surface area (Å²) in [6.07, 6.45) is 10.1. The maximum absolute atomic E-state index is 5.47. The number of hydrogen-bond acceptors (Lipinski definition) is 4. The highest BCUT2D eigenvalue weighted by atomic mass is 16.5. The minimum absolute atomic E-state index is 0.491. The fourth-order valence-electron chi connectivity index (χ4n) is 3.08. The highest BCUT2D eigenvalue weighted by Crippen LogP contribution is 2.28. The minimum atomic E-state index is 0.491. The first kappa shape index (κ1) is 13.3. The summed E-state index contributed by atoms with van der Waals surface area (Å²) in [6, 6.07) is 4.48. The summed E-state index contributed by atoms with van der Waals surface area (Å²) >= 11 is 0. The van der Waals surface area contributed by atoms with Crippen LogP contribution in [-0.4, -0.2) is 39.6 Å². The standard InChI is InChI=1S/C16H19N5O/c1-22-16-8-12(10-21-15(16)4-7-18-21)13-9-19-20(11-13)14-2-5-17-6-3-14/h4,7-11,14,17H,2-3,5-6H2,1H3. The van der Waals surface area contributed by atoms with Gasteiger partial charge in [-0.05, 0) is 38.1 Å². The molecule has 6 heteroatoms. The highest BCUT2D eigenvalue weighted by Gasteiger charge is 2.16. The van der Waals surface area contributed by atoms with Crippen LogP contribution in [0.1, 0.15) is 18.9 Å². The van der Waals surface area contributed by atoms with Crippen molar-refractivity contribution in [2.24, 2.45) is 0 Å². The first-order chi connectivity index (χ1) is 10.8. The molecule has 0 bridgehead atoms. The average molecular weight is 297 g/mol. The number of methoxy groups -OCH3 is 1.